The van der Waals surface area contributed by atoms with Gasteiger partial charge in [0.15, 0.2) is 6.61 Å². The van der Waals surface area contributed by atoms with E-state index >= 15 is 0 Å². The van der Waals surface area contributed by atoms with Gasteiger partial charge in [-0.15, -0.1) is 0 Å². The Bertz CT molecular complexity index is 742. The number of carbonyl (C=O) groups excluding carboxylic acids is 3. The molecule has 22 heavy (non-hydrogen) atoms. The van der Waals surface area contributed by atoms with Crippen molar-refractivity contribution < 1.29 is 19.1 Å². The van der Waals surface area contributed by atoms with Crippen LogP contribution in [0.15, 0.2) is 30.3 Å². The summed E-state index contributed by atoms with van der Waals surface area (Å²) in [5.74, 6) is -0.472. The lowest BCUT2D eigenvalue weighted by molar-refractivity contribution is -0.129. The summed E-state index contributed by atoms with van der Waals surface area (Å²) in [6, 6.07) is 9.17. The Balaban J connectivity index is 1.47. The van der Waals surface area contributed by atoms with Crippen molar-refractivity contribution in [1.29, 1.82) is 0 Å². The number of imide groups is 1. The number of nitrogens with one attached hydrogen (secondary N) is 1. The standard InChI is InChI=1S/C15H13N3O4/c19-13-8-22-15(21)18(13)10-6-17(7-10)14(20)12-5-9-3-1-2-4-11(9)16-12/h1-5,10,16H,6-8H2. The zero-order valence-electron chi connectivity index (χ0n) is 11.6. The molecule has 112 valence electrons. The first-order chi connectivity index (χ1) is 10.6. The maximum Gasteiger partial charge on any atom is 0.417 e. The number of H-pyrrole nitrogens is 1. The normalized spacial score (nSPS) is 18.7. The lowest BCUT2D eigenvalue weighted by Crippen LogP contribution is -2.62. The van der Waals surface area contributed by atoms with E-state index < -0.39 is 6.09 Å². The summed E-state index contributed by atoms with van der Waals surface area (Å²) < 4.78 is 4.68. The summed E-state index contributed by atoms with van der Waals surface area (Å²) in [5, 5.41) is 0.973. The Morgan fingerprint density at radius 1 is 1.23 bits per heavy atom. The van der Waals surface area contributed by atoms with Crippen molar-refractivity contribution in [3.63, 3.8) is 0 Å². The molecule has 0 radical (unpaired) electrons. The van der Waals surface area contributed by atoms with Gasteiger partial charge < -0.3 is 14.6 Å². The first-order valence-electron chi connectivity index (χ1n) is 6.99. The Kier molecular flexibility index (Phi) is 2.69. The predicted molar refractivity (Wildman–Crippen MR) is 76.2 cm³/mol. The molecule has 1 aromatic heterocycles. The molecule has 3 amide bonds. The molecule has 2 fully saturated rings. The highest BCUT2D eigenvalue weighted by atomic mass is 16.6. The molecule has 0 bridgehead atoms. The zero-order valence-corrected chi connectivity index (χ0v) is 11.6. The van der Waals surface area contributed by atoms with Crippen LogP contribution in [0, 0.1) is 0 Å². The number of benzene rings is 1. The minimum Gasteiger partial charge on any atom is -0.439 e. The fourth-order valence-electron chi connectivity index (χ4n) is 2.86. The van der Waals surface area contributed by atoms with Crippen molar-refractivity contribution >= 4 is 28.8 Å². The summed E-state index contributed by atoms with van der Waals surface area (Å²) in [4.78, 5) is 41.2. The molecule has 1 N–H and O–H groups in total. The van der Waals surface area contributed by atoms with E-state index in [-0.39, 0.29) is 24.5 Å². The number of carbonyl (C=O) groups is 3. The Morgan fingerprint density at radius 3 is 2.68 bits per heavy atom. The van der Waals surface area contributed by atoms with Gasteiger partial charge in [-0.25, -0.2) is 9.69 Å². The third kappa shape index (κ3) is 1.86. The van der Waals surface area contributed by atoms with E-state index in [4.69, 9.17) is 0 Å². The Morgan fingerprint density at radius 2 is 2.00 bits per heavy atom. The van der Waals surface area contributed by atoms with Crippen LogP contribution in [0.3, 0.4) is 0 Å². The molecule has 2 aliphatic heterocycles. The van der Waals surface area contributed by atoms with Crippen LogP contribution in [0.1, 0.15) is 10.5 Å². The monoisotopic (exact) mass is 299 g/mol. The predicted octanol–water partition coefficient (Wildman–Crippen LogP) is 0.971. The lowest BCUT2D eigenvalue weighted by atomic mass is 10.1. The summed E-state index contributed by atoms with van der Waals surface area (Å²) in [6.07, 6.45) is -0.618. The second kappa shape index (κ2) is 4.59. The van der Waals surface area contributed by atoms with Gasteiger partial charge >= 0.3 is 6.09 Å². The summed E-state index contributed by atoms with van der Waals surface area (Å²) >= 11 is 0. The van der Waals surface area contributed by atoms with Gasteiger partial charge in [0, 0.05) is 24.0 Å². The molecular weight excluding hydrogens is 286 g/mol. The fraction of sp³-hybridized carbons (Fsp3) is 0.267. The highest BCUT2D eigenvalue weighted by Gasteiger charge is 2.44. The van der Waals surface area contributed by atoms with E-state index in [1.54, 1.807) is 11.0 Å². The van der Waals surface area contributed by atoms with Gasteiger partial charge in [0.05, 0.1) is 6.04 Å². The van der Waals surface area contributed by atoms with Crippen molar-refractivity contribution in [3.05, 3.63) is 36.0 Å². The number of likely N-dealkylation sites (tertiary alicyclic amines) is 1. The van der Waals surface area contributed by atoms with E-state index in [9.17, 15) is 14.4 Å². The van der Waals surface area contributed by atoms with Gasteiger partial charge in [-0.3, -0.25) is 9.59 Å². The van der Waals surface area contributed by atoms with Crippen LogP contribution in [0.25, 0.3) is 10.9 Å². The largest absolute Gasteiger partial charge is 0.439 e. The van der Waals surface area contributed by atoms with E-state index in [1.165, 1.54) is 0 Å². The van der Waals surface area contributed by atoms with Crippen molar-refractivity contribution in [2.24, 2.45) is 0 Å². The Labute approximate surface area is 125 Å². The fourth-order valence-corrected chi connectivity index (χ4v) is 2.86. The second-order valence-corrected chi connectivity index (χ2v) is 5.45. The minimum absolute atomic E-state index is 0.132. The molecule has 2 saturated heterocycles. The average molecular weight is 299 g/mol. The van der Waals surface area contributed by atoms with Crippen molar-refractivity contribution in [2.75, 3.05) is 19.7 Å². The quantitative estimate of drug-likeness (QED) is 0.895. The maximum atomic E-state index is 12.4. The van der Waals surface area contributed by atoms with Crippen LogP contribution in [-0.2, 0) is 9.53 Å². The van der Waals surface area contributed by atoms with E-state index in [0.717, 1.165) is 15.8 Å². The van der Waals surface area contributed by atoms with Gasteiger partial charge in [0.1, 0.15) is 5.69 Å². The van der Waals surface area contributed by atoms with E-state index in [1.807, 2.05) is 24.3 Å². The van der Waals surface area contributed by atoms with E-state index in [2.05, 4.69) is 9.72 Å². The number of para-hydroxylation sites is 1. The van der Waals surface area contributed by atoms with Crippen molar-refractivity contribution in [1.82, 2.24) is 14.8 Å². The number of rotatable bonds is 2. The molecule has 2 aliphatic rings. The minimum atomic E-state index is -0.618. The summed E-state index contributed by atoms with van der Waals surface area (Å²) in [7, 11) is 0. The van der Waals surface area contributed by atoms with Crippen molar-refractivity contribution in [2.45, 2.75) is 6.04 Å². The van der Waals surface area contributed by atoms with Crippen LogP contribution < -0.4 is 0 Å². The smallest absolute Gasteiger partial charge is 0.417 e. The number of amides is 3. The number of aromatic amines is 1. The maximum absolute atomic E-state index is 12.4. The molecule has 0 aliphatic carbocycles. The molecule has 7 heteroatoms. The van der Waals surface area contributed by atoms with Crippen LogP contribution in [0.4, 0.5) is 4.79 Å². The van der Waals surface area contributed by atoms with Crippen LogP contribution in [-0.4, -0.2) is 58.4 Å². The molecule has 7 nitrogen and oxygen atoms in total. The van der Waals surface area contributed by atoms with Gasteiger partial charge in [0.2, 0.25) is 0 Å². The average Bonchev–Trinajstić information content (AvgIpc) is 3.03. The van der Waals surface area contributed by atoms with E-state index in [0.29, 0.717) is 18.8 Å². The highest BCUT2D eigenvalue weighted by Crippen LogP contribution is 2.23. The Hall–Kier alpha value is -2.83. The topological polar surface area (TPSA) is 82.7 Å². The number of aromatic nitrogens is 1. The first kappa shape index (κ1) is 12.9. The molecule has 2 aromatic rings. The molecular formula is C15H13N3O4. The van der Waals surface area contributed by atoms with Gasteiger partial charge in [-0.1, -0.05) is 18.2 Å². The molecule has 3 heterocycles. The second-order valence-electron chi connectivity index (χ2n) is 5.45. The number of hydrogen-bond acceptors (Lipinski definition) is 4. The van der Waals surface area contributed by atoms with Crippen LogP contribution in [0.2, 0.25) is 0 Å². The van der Waals surface area contributed by atoms with Crippen LogP contribution >= 0.6 is 0 Å². The van der Waals surface area contributed by atoms with Gasteiger partial charge in [-0.2, -0.15) is 0 Å². The zero-order chi connectivity index (χ0) is 15.3. The number of ether oxygens (including phenoxy) is 1. The van der Waals surface area contributed by atoms with Crippen molar-refractivity contribution in [3.8, 4) is 0 Å². The number of nitrogens with zero attached hydrogens (tertiary/aromatic N) is 2. The molecule has 0 spiro atoms. The molecule has 0 saturated carbocycles. The lowest BCUT2D eigenvalue weighted by Gasteiger charge is -2.41. The summed E-state index contributed by atoms with van der Waals surface area (Å²) in [5.41, 5.74) is 1.41. The third-order valence-electron chi connectivity index (χ3n) is 4.06. The number of fused-ring (bicyclic) bond motifs is 1. The first-order valence-corrected chi connectivity index (χ1v) is 6.99. The van der Waals surface area contributed by atoms with Gasteiger partial charge in [-0.05, 0) is 12.1 Å². The summed E-state index contributed by atoms with van der Waals surface area (Å²) in [6.45, 7) is 0.482. The SMILES string of the molecule is O=C(c1cc2ccccc2[nH]1)N1CC(N2C(=O)COC2=O)C1. The number of cyclic esters (lactones) is 1. The molecule has 0 unspecified atom stereocenters. The van der Waals surface area contributed by atoms with Crippen LogP contribution in [0.5, 0.6) is 0 Å². The molecule has 4 rings (SSSR count). The number of hydrogen-bond donors (Lipinski definition) is 1. The third-order valence-corrected chi connectivity index (χ3v) is 4.06. The van der Waals surface area contributed by atoms with Gasteiger partial charge in [0.25, 0.3) is 11.8 Å². The molecule has 1 aromatic carbocycles. The highest BCUT2D eigenvalue weighted by molar-refractivity contribution is 6.00. The molecule has 0 atom stereocenters.